The number of nitrogens with zero attached hydrogens (tertiary/aromatic N) is 1. The van der Waals surface area contributed by atoms with E-state index in [0.717, 1.165) is 6.92 Å². The number of aliphatic hydroxyl groups is 5. The van der Waals surface area contributed by atoms with E-state index in [4.69, 9.17) is 20.7 Å². The molecule has 1 fully saturated rings. The van der Waals surface area contributed by atoms with Gasteiger partial charge in [-0.2, -0.15) is 0 Å². The smallest absolute Gasteiger partial charge is 0.335 e. The van der Waals surface area contributed by atoms with Crippen molar-refractivity contribution in [1.82, 2.24) is 10.2 Å². The number of aliphatic hydroxyl groups excluding tert-OH is 5. The molecule has 1 aliphatic rings. The molecule has 1 heterocycles. The Hall–Kier alpha value is -2.12. The van der Waals surface area contributed by atoms with Gasteiger partial charge in [-0.25, -0.2) is 4.79 Å². The van der Waals surface area contributed by atoms with Crippen LogP contribution in [0.3, 0.4) is 0 Å². The van der Waals surface area contributed by atoms with Gasteiger partial charge in [-0.15, -0.1) is 0 Å². The van der Waals surface area contributed by atoms with Gasteiger partial charge in [-0.3, -0.25) is 20.3 Å². The van der Waals surface area contributed by atoms with Crippen molar-refractivity contribution in [2.45, 2.75) is 37.4 Å². The molecule has 1 saturated heterocycles. The number of nitrogens with one attached hydrogen (secondary N) is 2. The van der Waals surface area contributed by atoms with Gasteiger partial charge in [-0.05, 0) is 6.92 Å². The fraction of sp³-hybridized carbons (Fsp3) is 0.692. The van der Waals surface area contributed by atoms with Crippen molar-refractivity contribution in [1.29, 1.82) is 5.41 Å². The quantitative estimate of drug-likeness (QED) is 0.170. The third-order valence-corrected chi connectivity index (χ3v) is 3.02. The summed E-state index contributed by atoms with van der Waals surface area (Å²) in [4.78, 5) is 33.4. The molecule has 0 aromatic rings. The van der Waals surface area contributed by atoms with Crippen molar-refractivity contribution in [3.05, 3.63) is 0 Å². The minimum Gasteiger partial charge on any atom is -0.450 e. The van der Waals surface area contributed by atoms with Gasteiger partial charge in [0.1, 0.15) is 24.4 Å². The zero-order valence-electron chi connectivity index (χ0n) is 13.7. The Morgan fingerprint density at radius 1 is 1.36 bits per heavy atom. The molecule has 1 rings (SSSR count). The first kappa shape index (κ1) is 22.9. The first-order chi connectivity index (χ1) is 11.5. The minimum atomic E-state index is -1.91. The van der Waals surface area contributed by atoms with E-state index < -0.39 is 43.1 Å². The number of rotatable bonds is 7. The van der Waals surface area contributed by atoms with Gasteiger partial charge in [0.25, 0.3) is 0 Å². The topological polar surface area (TPSA) is 201 Å². The standard InChI is InChI=1S/C9H16O8.C4H7N3O/c1-4(12)9(16)17-6(3-11)8(15)7(14)5(13)2-10;1-7-2-3(8)6-4(7)5/h3-8,10,12-15H,2H2,1H3;2H2,1H3,(H2,5,6,8)/t4?,5-,6+,7-,8-;/m1./s1. The van der Waals surface area contributed by atoms with Gasteiger partial charge in [0.2, 0.25) is 5.91 Å². The third kappa shape index (κ3) is 7.53. The van der Waals surface area contributed by atoms with E-state index in [1.807, 2.05) is 0 Å². The molecule has 12 nitrogen and oxygen atoms in total. The van der Waals surface area contributed by atoms with Crippen molar-refractivity contribution in [2.24, 2.45) is 0 Å². The SMILES string of the molecule is CC(O)C(=O)O[C@@H](C=O)[C@@H](O)[C@H](O)[C@H](O)CO.CN1CC(=O)NC1=N. The van der Waals surface area contributed by atoms with Crippen LogP contribution in [0.1, 0.15) is 6.92 Å². The maximum absolute atomic E-state index is 10.9. The number of amides is 1. The lowest BCUT2D eigenvalue weighted by Gasteiger charge is -2.25. The molecule has 0 aromatic heterocycles. The second-order valence-corrected chi connectivity index (χ2v) is 5.20. The monoisotopic (exact) mass is 365 g/mol. The van der Waals surface area contributed by atoms with Crippen LogP contribution in [0.5, 0.6) is 0 Å². The Balaban J connectivity index is 0.000000593. The van der Waals surface area contributed by atoms with Gasteiger partial charge in [0.05, 0.1) is 13.2 Å². The molecule has 0 bridgehead atoms. The van der Waals surface area contributed by atoms with Crippen LogP contribution in [0.4, 0.5) is 0 Å². The number of carbonyl (C=O) groups is 3. The molecule has 0 aliphatic carbocycles. The Labute approximate surface area is 143 Å². The highest BCUT2D eigenvalue weighted by molar-refractivity contribution is 6.02. The first-order valence-electron chi connectivity index (χ1n) is 7.13. The lowest BCUT2D eigenvalue weighted by Crippen LogP contribution is -2.48. The zero-order chi connectivity index (χ0) is 19.7. The second-order valence-electron chi connectivity index (χ2n) is 5.20. The fourth-order valence-corrected chi connectivity index (χ4v) is 1.50. The summed E-state index contributed by atoms with van der Waals surface area (Å²) in [6.07, 6.45) is -8.65. The van der Waals surface area contributed by atoms with Crippen LogP contribution in [0, 0.1) is 5.41 Å². The van der Waals surface area contributed by atoms with Gasteiger partial charge in [0, 0.05) is 7.05 Å². The van der Waals surface area contributed by atoms with Crippen molar-refractivity contribution in [3.63, 3.8) is 0 Å². The summed E-state index contributed by atoms with van der Waals surface area (Å²) in [5, 5.41) is 54.3. The van der Waals surface area contributed by atoms with Gasteiger partial charge in [0.15, 0.2) is 18.3 Å². The van der Waals surface area contributed by atoms with Crippen molar-refractivity contribution in [3.8, 4) is 0 Å². The van der Waals surface area contributed by atoms with E-state index in [2.05, 4.69) is 10.1 Å². The third-order valence-electron chi connectivity index (χ3n) is 3.02. The maximum Gasteiger partial charge on any atom is 0.335 e. The predicted molar refractivity (Wildman–Crippen MR) is 81.2 cm³/mol. The highest BCUT2D eigenvalue weighted by Gasteiger charge is 2.34. The summed E-state index contributed by atoms with van der Waals surface area (Å²) < 4.78 is 4.38. The number of esters is 1. The summed E-state index contributed by atoms with van der Waals surface area (Å²) in [6.45, 7) is 0.572. The molecule has 0 radical (unpaired) electrons. The van der Waals surface area contributed by atoms with E-state index in [1.54, 1.807) is 11.9 Å². The second kappa shape index (κ2) is 10.7. The average Bonchev–Trinajstić information content (AvgIpc) is 2.86. The van der Waals surface area contributed by atoms with Crippen LogP contribution >= 0.6 is 0 Å². The Morgan fingerprint density at radius 2 is 1.92 bits per heavy atom. The largest absolute Gasteiger partial charge is 0.450 e. The zero-order valence-corrected chi connectivity index (χ0v) is 13.7. The highest BCUT2D eigenvalue weighted by atomic mass is 16.6. The molecule has 144 valence electrons. The van der Waals surface area contributed by atoms with Gasteiger partial charge >= 0.3 is 5.97 Å². The molecule has 25 heavy (non-hydrogen) atoms. The molecule has 5 atom stereocenters. The van der Waals surface area contributed by atoms with Gasteiger partial charge in [-0.1, -0.05) is 0 Å². The Kier molecular flexibility index (Phi) is 9.78. The predicted octanol–water partition coefficient (Wildman–Crippen LogP) is -4.46. The molecule has 1 unspecified atom stereocenters. The van der Waals surface area contributed by atoms with Crippen LogP contribution in [0.2, 0.25) is 0 Å². The Bertz CT molecular complexity index is 485. The molecular formula is C13H23N3O9. The van der Waals surface area contributed by atoms with E-state index in [1.165, 1.54) is 0 Å². The van der Waals surface area contributed by atoms with E-state index >= 15 is 0 Å². The van der Waals surface area contributed by atoms with E-state index in [-0.39, 0.29) is 18.2 Å². The van der Waals surface area contributed by atoms with Crippen LogP contribution in [-0.2, 0) is 19.1 Å². The number of ether oxygens (including phenoxy) is 1. The Morgan fingerprint density at radius 3 is 2.20 bits per heavy atom. The molecule has 7 N–H and O–H groups in total. The lowest BCUT2D eigenvalue weighted by atomic mass is 10.0. The number of hydrogen-bond acceptors (Lipinski definition) is 10. The molecule has 1 aliphatic heterocycles. The number of aldehydes is 1. The van der Waals surface area contributed by atoms with Crippen LogP contribution in [0.25, 0.3) is 0 Å². The van der Waals surface area contributed by atoms with E-state index in [0.29, 0.717) is 6.54 Å². The number of likely N-dealkylation sites (N-methyl/N-ethyl adjacent to an activating group) is 1. The molecule has 12 heteroatoms. The van der Waals surface area contributed by atoms with Gasteiger partial charge < -0.3 is 35.2 Å². The highest BCUT2D eigenvalue weighted by Crippen LogP contribution is 2.08. The first-order valence-corrected chi connectivity index (χ1v) is 7.13. The van der Waals surface area contributed by atoms with Crippen molar-refractivity contribution in [2.75, 3.05) is 20.2 Å². The van der Waals surface area contributed by atoms with Crippen molar-refractivity contribution >= 4 is 24.1 Å². The summed E-state index contributed by atoms with van der Waals surface area (Å²) in [7, 11) is 1.69. The summed E-state index contributed by atoms with van der Waals surface area (Å²) in [6, 6.07) is 0. The van der Waals surface area contributed by atoms with Crippen LogP contribution in [-0.4, -0.2) is 105 Å². The molecule has 1 amide bonds. The van der Waals surface area contributed by atoms with Crippen molar-refractivity contribution < 1.29 is 44.7 Å². The van der Waals surface area contributed by atoms with Crippen LogP contribution < -0.4 is 5.32 Å². The fourth-order valence-electron chi connectivity index (χ4n) is 1.50. The molecule has 0 saturated carbocycles. The molecule has 0 spiro atoms. The van der Waals surface area contributed by atoms with Crippen LogP contribution in [0.15, 0.2) is 0 Å². The molecular weight excluding hydrogens is 342 g/mol. The number of hydrogen-bond donors (Lipinski definition) is 7. The number of carbonyl (C=O) groups excluding carboxylic acids is 3. The summed E-state index contributed by atoms with van der Waals surface area (Å²) in [5.41, 5.74) is 0. The molecule has 0 aromatic carbocycles. The van der Waals surface area contributed by atoms with E-state index in [9.17, 15) is 24.6 Å². The lowest BCUT2D eigenvalue weighted by molar-refractivity contribution is -0.174. The minimum absolute atomic E-state index is 0.0399. The maximum atomic E-state index is 10.9. The summed E-state index contributed by atoms with van der Waals surface area (Å²) >= 11 is 0. The average molecular weight is 365 g/mol. The number of guanidine groups is 1. The summed E-state index contributed by atoms with van der Waals surface area (Å²) in [5.74, 6) is -1.07. The normalized spacial score (nSPS) is 19.7.